The standard InChI is InChI=1S/C14H11F2N3O/c15-14(16)20-10-6-4-9(5-7-10)12-13(17)19-8-2-1-3-11(19)18-12/h1-8,14H,17H2. The van der Waals surface area contributed by atoms with E-state index in [1.165, 1.54) is 12.1 Å². The molecule has 0 spiro atoms. The molecule has 2 N–H and O–H groups in total. The number of fused-ring (bicyclic) bond motifs is 1. The number of benzene rings is 1. The van der Waals surface area contributed by atoms with E-state index in [1.807, 2.05) is 24.4 Å². The van der Waals surface area contributed by atoms with Gasteiger partial charge in [0, 0.05) is 11.8 Å². The fraction of sp³-hybridized carbons (Fsp3) is 0.0714. The van der Waals surface area contributed by atoms with Gasteiger partial charge in [-0.2, -0.15) is 8.78 Å². The summed E-state index contributed by atoms with van der Waals surface area (Å²) in [6.45, 7) is -2.83. The molecule has 0 bridgehead atoms. The van der Waals surface area contributed by atoms with E-state index in [0.717, 1.165) is 11.2 Å². The number of imidazole rings is 1. The van der Waals surface area contributed by atoms with E-state index in [4.69, 9.17) is 5.73 Å². The molecule has 4 nitrogen and oxygen atoms in total. The fourth-order valence-electron chi connectivity index (χ4n) is 2.02. The molecule has 2 heterocycles. The Balaban J connectivity index is 2.00. The topological polar surface area (TPSA) is 52.5 Å². The smallest absolute Gasteiger partial charge is 0.387 e. The molecular weight excluding hydrogens is 264 g/mol. The highest BCUT2D eigenvalue weighted by atomic mass is 19.3. The zero-order valence-corrected chi connectivity index (χ0v) is 10.3. The summed E-state index contributed by atoms with van der Waals surface area (Å²) in [6, 6.07) is 11.8. The second-order valence-electron chi connectivity index (χ2n) is 4.18. The van der Waals surface area contributed by atoms with Crippen LogP contribution in [0.25, 0.3) is 16.9 Å². The minimum absolute atomic E-state index is 0.103. The van der Waals surface area contributed by atoms with Crippen molar-refractivity contribution in [2.24, 2.45) is 0 Å². The average molecular weight is 275 g/mol. The summed E-state index contributed by atoms with van der Waals surface area (Å²) in [5.74, 6) is 0.606. The van der Waals surface area contributed by atoms with Crippen molar-refractivity contribution in [3.8, 4) is 17.0 Å². The molecule has 6 heteroatoms. The predicted octanol–water partition coefficient (Wildman–Crippen LogP) is 3.18. The van der Waals surface area contributed by atoms with Crippen molar-refractivity contribution in [1.29, 1.82) is 0 Å². The predicted molar refractivity (Wildman–Crippen MR) is 71.7 cm³/mol. The molecule has 102 valence electrons. The first kappa shape index (κ1) is 12.4. The molecule has 3 aromatic rings. The fourth-order valence-corrected chi connectivity index (χ4v) is 2.02. The Morgan fingerprint density at radius 1 is 1.10 bits per heavy atom. The molecule has 0 fully saturated rings. The van der Waals surface area contributed by atoms with Crippen LogP contribution in [0.4, 0.5) is 14.6 Å². The van der Waals surface area contributed by atoms with Gasteiger partial charge >= 0.3 is 6.61 Å². The van der Waals surface area contributed by atoms with Crippen LogP contribution in [0.2, 0.25) is 0 Å². The van der Waals surface area contributed by atoms with Crippen LogP contribution in [-0.4, -0.2) is 16.0 Å². The largest absolute Gasteiger partial charge is 0.435 e. The molecule has 3 rings (SSSR count). The second-order valence-corrected chi connectivity index (χ2v) is 4.18. The van der Waals surface area contributed by atoms with Crippen LogP contribution in [0.5, 0.6) is 5.75 Å². The molecule has 0 atom stereocenters. The van der Waals surface area contributed by atoms with Crippen LogP contribution in [0, 0.1) is 0 Å². The molecule has 2 aromatic heterocycles. The van der Waals surface area contributed by atoms with Crippen LogP contribution in [0.3, 0.4) is 0 Å². The summed E-state index contributed by atoms with van der Waals surface area (Å²) in [4.78, 5) is 4.42. The molecule has 0 aliphatic rings. The number of nitrogens with two attached hydrogens (primary N) is 1. The number of nitrogen functional groups attached to an aromatic ring is 1. The van der Waals surface area contributed by atoms with Crippen molar-refractivity contribution in [2.75, 3.05) is 5.73 Å². The zero-order chi connectivity index (χ0) is 14.1. The molecule has 0 saturated heterocycles. The van der Waals surface area contributed by atoms with Gasteiger partial charge in [0.05, 0.1) is 0 Å². The minimum atomic E-state index is -2.83. The third-order valence-corrected chi connectivity index (χ3v) is 2.92. The Morgan fingerprint density at radius 3 is 2.50 bits per heavy atom. The van der Waals surface area contributed by atoms with Gasteiger partial charge < -0.3 is 10.5 Å². The molecule has 20 heavy (non-hydrogen) atoms. The number of alkyl halides is 2. The molecule has 0 aliphatic heterocycles. The summed E-state index contributed by atoms with van der Waals surface area (Å²) < 4.78 is 30.2. The second kappa shape index (κ2) is 4.80. The maximum absolute atomic E-state index is 12.1. The van der Waals surface area contributed by atoms with Gasteiger partial charge in [-0.05, 0) is 36.4 Å². The van der Waals surface area contributed by atoms with E-state index in [2.05, 4.69) is 9.72 Å². The number of anilines is 1. The van der Waals surface area contributed by atoms with Crippen molar-refractivity contribution >= 4 is 11.5 Å². The van der Waals surface area contributed by atoms with Crippen molar-refractivity contribution < 1.29 is 13.5 Å². The van der Waals surface area contributed by atoms with E-state index < -0.39 is 6.61 Å². The molecule has 0 unspecified atom stereocenters. The monoisotopic (exact) mass is 275 g/mol. The highest BCUT2D eigenvalue weighted by Gasteiger charge is 2.11. The van der Waals surface area contributed by atoms with Crippen molar-refractivity contribution in [1.82, 2.24) is 9.38 Å². The van der Waals surface area contributed by atoms with Gasteiger partial charge in [0.1, 0.15) is 22.9 Å². The van der Waals surface area contributed by atoms with Crippen LogP contribution >= 0.6 is 0 Å². The number of aromatic nitrogens is 2. The van der Waals surface area contributed by atoms with Crippen molar-refractivity contribution in [3.63, 3.8) is 0 Å². The summed E-state index contributed by atoms with van der Waals surface area (Å²) in [6.07, 6.45) is 1.81. The highest BCUT2D eigenvalue weighted by Crippen LogP contribution is 2.28. The Labute approximate surface area is 113 Å². The minimum Gasteiger partial charge on any atom is -0.435 e. The Hall–Kier alpha value is -2.63. The molecule has 0 amide bonds. The molecule has 1 aromatic carbocycles. The van der Waals surface area contributed by atoms with Gasteiger partial charge in [0.2, 0.25) is 0 Å². The first-order valence-electron chi connectivity index (χ1n) is 5.93. The zero-order valence-electron chi connectivity index (χ0n) is 10.3. The SMILES string of the molecule is Nc1c(-c2ccc(OC(F)F)cc2)nc2ccccn12. The number of nitrogens with zero attached hydrogens (tertiary/aromatic N) is 2. The average Bonchev–Trinajstić information content (AvgIpc) is 2.77. The van der Waals surface area contributed by atoms with Gasteiger partial charge in [-0.3, -0.25) is 4.40 Å². The lowest BCUT2D eigenvalue weighted by Crippen LogP contribution is -2.01. The molecule has 0 radical (unpaired) electrons. The van der Waals surface area contributed by atoms with Gasteiger partial charge in [-0.1, -0.05) is 6.07 Å². The normalized spacial score (nSPS) is 11.2. The third kappa shape index (κ3) is 2.16. The number of rotatable bonds is 3. The Bertz CT molecular complexity index is 738. The molecular formula is C14H11F2N3O. The Morgan fingerprint density at radius 2 is 1.85 bits per heavy atom. The maximum atomic E-state index is 12.1. The first-order valence-corrected chi connectivity index (χ1v) is 5.93. The van der Waals surface area contributed by atoms with E-state index in [0.29, 0.717) is 11.5 Å². The lowest BCUT2D eigenvalue weighted by molar-refractivity contribution is -0.0498. The quantitative estimate of drug-likeness (QED) is 0.798. The van der Waals surface area contributed by atoms with E-state index >= 15 is 0 Å². The number of hydrogen-bond acceptors (Lipinski definition) is 3. The van der Waals surface area contributed by atoms with Crippen molar-refractivity contribution in [3.05, 3.63) is 48.7 Å². The van der Waals surface area contributed by atoms with Crippen LogP contribution in [-0.2, 0) is 0 Å². The number of pyridine rings is 1. The lowest BCUT2D eigenvalue weighted by atomic mass is 10.1. The van der Waals surface area contributed by atoms with Crippen LogP contribution < -0.4 is 10.5 Å². The van der Waals surface area contributed by atoms with Gasteiger partial charge in [-0.15, -0.1) is 0 Å². The van der Waals surface area contributed by atoms with Gasteiger partial charge in [0.25, 0.3) is 0 Å². The van der Waals surface area contributed by atoms with Crippen LogP contribution in [0.1, 0.15) is 0 Å². The maximum Gasteiger partial charge on any atom is 0.387 e. The summed E-state index contributed by atoms with van der Waals surface area (Å²) >= 11 is 0. The summed E-state index contributed by atoms with van der Waals surface area (Å²) in [5, 5.41) is 0. The molecule has 0 aliphatic carbocycles. The number of hydrogen-bond donors (Lipinski definition) is 1. The van der Waals surface area contributed by atoms with Gasteiger partial charge in [-0.25, -0.2) is 4.98 Å². The van der Waals surface area contributed by atoms with Crippen LogP contribution in [0.15, 0.2) is 48.7 Å². The Kier molecular flexibility index (Phi) is 2.98. The summed E-state index contributed by atoms with van der Waals surface area (Å²) in [7, 11) is 0. The van der Waals surface area contributed by atoms with E-state index in [9.17, 15) is 8.78 Å². The highest BCUT2D eigenvalue weighted by molar-refractivity contribution is 5.75. The number of ether oxygens (including phenoxy) is 1. The summed E-state index contributed by atoms with van der Waals surface area (Å²) in [5.41, 5.74) is 8.12. The first-order chi connectivity index (χ1) is 9.65. The van der Waals surface area contributed by atoms with E-state index in [-0.39, 0.29) is 5.75 Å². The van der Waals surface area contributed by atoms with Crippen molar-refractivity contribution in [2.45, 2.75) is 6.61 Å². The van der Waals surface area contributed by atoms with E-state index in [1.54, 1.807) is 16.5 Å². The number of halogens is 2. The lowest BCUT2D eigenvalue weighted by Gasteiger charge is -2.05. The molecule has 0 saturated carbocycles. The van der Waals surface area contributed by atoms with Gasteiger partial charge in [0.15, 0.2) is 0 Å². The third-order valence-electron chi connectivity index (χ3n) is 2.92.